The molecule has 0 atom stereocenters. The van der Waals surface area contributed by atoms with E-state index in [-0.39, 0.29) is 17.8 Å². The van der Waals surface area contributed by atoms with Gasteiger partial charge in [-0.1, -0.05) is 29.8 Å². The summed E-state index contributed by atoms with van der Waals surface area (Å²) in [5, 5.41) is 3.42. The molecule has 1 saturated heterocycles. The maximum atomic E-state index is 12.6. The summed E-state index contributed by atoms with van der Waals surface area (Å²) in [6.07, 6.45) is 1.69. The lowest BCUT2D eigenvalue weighted by atomic mass is 10.2. The van der Waals surface area contributed by atoms with E-state index in [0.717, 1.165) is 28.6 Å². The number of hydrogen-bond acceptors (Lipinski definition) is 5. The number of nitrogens with one attached hydrogen (secondary N) is 1. The van der Waals surface area contributed by atoms with E-state index in [9.17, 15) is 9.59 Å². The van der Waals surface area contributed by atoms with E-state index in [1.54, 1.807) is 19.3 Å². The molecule has 1 aliphatic rings. The molecule has 1 fully saturated rings. The number of nitrogens with zero attached hydrogens (tertiary/aromatic N) is 1. The number of benzene rings is 2. The van der Waals surface area contributed by atoms with E-state index < -0.39 is 0 Å². The molecule has 1 N–H and O–H groups in total. The van der Waals surface area contributed by atoms with Gasteiger partial charge in [0, 0.05) is 10.7 Å². The van der Waals surface area contributed by atoms with Gasteiger partial charge in [-0.15, -0.1) is 0 Å². The van der Waals surface area contributed by atoms with Crippen molar-refractivity contribution < 1.29 is 14.3 Å². The van der Waals surface area contributed by atoms with Gasteiger partial charge in [0.2, 0.25) is 0 Å². The van der Waals surface area contributed by atoms with E-state index in [1.807, 2.05) is 43.3 Å². The third-order valence-electron chi connectivity index (χ3n) is 3.96. The van der Waals surface area contributed by atoms with Crippen LogP contribution in [-0.2, 0) is 4.79 Å². The molecular formula is C19H17ClN2O3S. The highest BCUT2D eigenvalue weighted by Gasteiger charge is 2.34. The number of halogens is 1. The topological polar surface area (TPSA) is 58.6 Å². The second kappa shape index (κ2) is 7.85. The Balaban J connectivity index is 1.74. The minimum absolute atomic E-state index is 0.0846. The lowest BCUT2D eigenvalue weighted by Gasteiger charge is -2.16. The molecule has 134 valence electrons. The van der Waals surface area contributed by atoms with E-state index in [1.165, 1.54) is 4.90 Å². The van der Waals surface area contributed by atoms with Gasteiger partial charge in [-0.05, 0) is 60.2 Å². The fourth-order valence-electron chi connectivity index (χ4n) is 2.48. The van der Waals surface area contributed by atoms with Crippen LogP contribution in [0.1, 0.15) is 11.1 Å². The average molecular weight is 389 g/mol. The van der Waals surface area contributed by atoms with Gasteiger partial charge in [0.25, 0.3) is 11.1 Å². The number of methoxy groups -OCH3 is 1. The van der Waals surface area contributed by atoms with E-state index in [0.29, 0.717) is 15.7 Å². The van der Waals surface area contributed by atoms with Crippen molar-refractivity contribution in [2.75, 3.05) is 19.1 Å². The van der Waals surface area contributed by atoms with Crippen molar-refractivity contribution in [2.45, 2.75) is 6.92 Å². The highest BCUT2D eigenvalue weighted by molar-refractivity contribution is 8.18. The van der Waals surface area contributed by atoms with E-state index >= 15 is 0 Å². The molecule has 5 nitrogen and oxygen atoms in total. The van der Waals surface area contributed by atoms with Crippen LogP contribution >= 0.6 is 23.4 Å². The van der Waals surface area contributed by atoms with Crippen LogP contribution in [0.2, 0.25) is 5.02 Å². The fourth-order valence-corrected chi connectivity index (χ4v) is 3.50. The molecule has 0 aliphatic carbocycles. The van der Waals surface area contributed by atoms with Crippen LogP contribution in [-0.4, -0.2) is 29.8 Å². The minimum atomic E-state index is -0.324. The Morgan fingerprint density at radius 2 is 2.00 bits per heavy atom. The monoisotopic (exact) mass is 388 g/mol. The number of anilines is 1. The molecule has 3 rings (SSSR count). The zero-order chi connectivity index (χ0) is 18.7. The first-order valence-corrected chi connectivity index (χ1v) is 9.07. The van der Waals surface area contributed by atoms with Crippen LogP contribution < -0.4 is 10.1 Å². The second-order valence-electron chi connectivity index (χ2n) is 5.63. The molecule has 0 radical (unpaired) electrons. The van der Waals surface area contributed by atoms with Crippen LogP contribution in [0.15, 0.2) is 47.4 Å². The first kappa shape index (κ1) is 18.4. The molecule has 1 aliphatic heterocycles. The van der Waals surface area contributed by atoms with E-state index in [4.69, 9.17) is 16.3 Å². The van der Waals surface area contributed by atoms with Crippen LogP contribution in [0.5, 0.6) is 5.75 Å². The summed E-state index contributed by atoms with van der Waals surface area (Å²) in [4.78, 5) is 26.3. The van der Waals surface area contributed by atoms with Crippen molar-refractivity contribution in [1.29, 1.82) is 0 Å². The lowest BCUT2D eigenvalue weighted by molar-refractivity contribution is -0.122. The van der Waals surface area contributed by atoms with Gasteiger partial charge in [0.05, 0.1) is 18.7 Å². The first-order valence-electron chi connectivity index (χ1n) is 7.88. The minimum Gasteiger partial charge on any atom is -0.497 e. The predicted octanol–water partition coefficient (Wildman–Crippen LogP) is 4.76. The highest BCUT2D eigenvalue weighted by atomic mass is 35.5. The Morgan fingerprint density at radius 3 is 2.77 bits per heavy atom. The summed E-state index contributed by atoms with van der Waals surface area (Å²) in [7, 11) is 1.58. The number of imide groups is 1. The molecular weight excluding hydrogens is 372 g/mol. The highest BCUT2D eigenvalue weighted by Crippen LogP contribution is 2.33. The summed E-state index contributed by atoms with van der Waals surface area (Å²) in [5.41, 5.74) is 2.45. The molecule has 0 saturated carbocycles. The fraction of sp³-hybridized carbons (Fsp3) is 0.158. The average Bonchev–Trinajstić information content (AvgIpc) is 2.90. The van der Waals surface area contributed by atoms with Crippen molar-refractivity contribution in [3.8, 4) is 5.75 Å². The van der Waals surface area contributed by atoms with Crippen molar-refractivity contribution >= 4 is 46.3 Å². The molecule has 2 aromatic rings. The molecule has 2 aromatic carbocycles. The van der Waals surface area contributed by atoms with Gasteiger partial charge in [0.15, 0.2) is 0 Å². The Hall–Kier alpha value is -2.44. The first-order chi connectivity index (χ1) is 12.5. The maximum Gasteiger partial charge on any atom is 0.295 e. The van der Waals surface area contributed by atoms with Gasteiger partial charge in [-0.3, -0.25) is 14.5 Å². The number of carbonyl (C=O) groups is 2. The van der Waals surface area contributed by atoms with Gasteiger partial charge in [0.1, 0.15) is 5.75 Å². The smallest absolute Gasteiger partial charge is 0.295 e. The molecule has 0 spiro atoms. The molecule has 2 amide bonds. The normalized spacial score (nSPS) is 15.7. The zero-order valence-corrected chi connectivity index (χ0v) is 15.9. The summed E-state index contributed by atoms with van der Waals surface area (Å²) in [5.74, 6) is 0.367. The Bertz CT molecular complexity index is 898. The Kier molecular flexibility index (Phi) is 5.54. The number of ether oxygens (including phenoxy) is 1. The van der Waals surface area contributed by atoms with Crippen LogP contribution in [0.3, 0.4) is 0 Å². The summed E-state index contributed by atoms with van der Waals surface area (Å²) < 4.78 is 5.18. The summed E-state index contributed by atoms with van der Waals surface area (Å²) in [6, 6.07) is 12.8. The van der Waals surface area contributed by atoms with Crippen molar-refractivity contribution in [1.82, 2.24) is 4.90 Å². The zero-order valence-electron chi connectivity index (χ0n) is 14.3. The van der Waals surface area contributed by atoms with E-state index in [2.05, 4.69) is 5.32 Å². The van der Waals surface area contributed by atoms with Crippen LogP contribution in [0.25, 0.3) is 6.08 Å². The SMILES string of the molecule is COc1cccc(C=C2SC(=O)N(CNc3cccc(Cl)c3C)C2=O)c1. The summed E-state index contributed by atoms with van der Waals surface area (Å²) in [6.45, 7) is 1.96. The molecule has 1 heterocycles. The van der Waals surface area contributed by atoms with Gasteiger partial charge in [-0.2, -0.15) is 0 Å². The van der Waals surface area contributed by atoms with Crippen LogP contribution in [0, 0.1) is 6.92 Å². The third kappa shape index (κ3) is 3.86. The predicted molar refractivity (Wildman–Crippen MR) is 105 cm³/mol. The molecule has 26 heavy (non-hydrogen) atoms. The molecule has 7 heteroatoms. The number of rotatable bonds is 5. The molecule has 0 unspecified atom stereocenters. The number of hydrogen-bond donors (Lipinski definition) is 1. The quantitative estimate of drug-likeness (QED) is 0.748. The number of amides is 2. The molecule has 0 bridgehead atoms. The largest absolute Gasteiger partial charge is 0.497 e. The van der Waals surface area contributed by atoms with Gasteiger partial charge >= 0.3 is 0 Å². The number of thioether (sulfide) groups is 1. The number of carbonyl (C=O) groups excluding carboxylic acids is 2. The van der Waals surface area contributed by atoms with Crippen LogP contribution in [0.4, 0.5) is 10.5 Å². The Morgan fingerprint density at radius 1 is 1.23 bits per heavy atom. The van der Waals surface area contributed by atoms with Gasteiger partial charge < -0.3 is 10.1 Å². The third-order valence-corrected chi connectivity index (χ3v) is 5.28. The summed E-state index contributed by atoms with van der Waals surface area (Å²) >= 11 is 7.02. The molecule has 0 aromatic heterocycles. The van der Waals surface area contributed by atoms with Gasteiger partial charge in [-0.25, -0.2) is 0 Å². The van der Waals surface area contributed by atoms with Crippen molar-refractivity contribution in [3.05, 3.63) is 63.5 Å². The lowest BCUT2D eigenvalue weighted by Crippen LogP contribution is -2.33. The van der Waals surface area contributed by atoms with Crippen molar-refractivity contribution in [3.63, 3.8) is 0 Å². The second-order valence-corrected chi connectivity index (χ2v) is 7.03. The Labute approximate surface area is 161 Å². The van der Waals surface area contributed by atoms with Crippen molar-refractivity contribution in [2.24, 2.45) is 0 Å². The maximum absolute atomic E-state index is 12.6. The standard InChI is InChI=1S/C19H17ClN2O3S/c1-12-15(20)7-4-8-16(12)21-11-22-18(23)17(26-19(22)24)10-13-5-3-6-14(9-13)25-2/h3-10,21H,11H2,1-2H3.